The van der Waals surface area contributed by atoms with E-state index in [1.54, 1.807) is 0 Å². The third-order valence-electron chi connectivity index (χ3n) is 4.06. The lowest BCUT2D eigenvalue weighted by Gasteiger charge is -2.18. The highest BCUT2D eigenvalue weighted by atomic mass is 35.5. The first kappa shape index (κ1) is 25.0. The van der Waals surface area contributed by atoms with E-state index in [2.05, 4.69) is 30.1 Å². The predicted molar refractivity (Wildman–Crippen MR) is 116 cm³/mol. The first-order chi connectivity index (χ1) is 11.7. The summed E-state index contributed by atoms with van der Waals surface area (Å²) in [6.07, 6.45) is 0. The van der Waals surface area contributed by atoms with Crippen molar-refractivity contribution in [2.75, 3.05) is 26.2 Å². The van der Waals surface area contributed by atoms with E-state index in [9.17, 15) is 0 Å². The summed E-state index contributed by atoms with van der Waals surface area (Å²) < 4.78 is 5.81. The van der Waals surface area contributed by atoms with Crippen LogP contribution in [0.2, 0.25) is 5.02 Å². The van der Waals surface area contributed by atoms with Crippen LogP contribution in [0.1, 0.15) is 25.0 Å². The zero-order chi connectivity index (χ0) is 17.2. The number of hydrogen-bond donors (Lipinski definition) is 1. The molecule has 0 fully saturated rings. The number of benzene rings is 2. The Kier molecular flexibility index (Phi) is 13.6. The Morgan fingerprint density at radius 3 is 2.27 bits per heavy atom. The summed E-state index contributed by atoms with van der Waals surface area (Å²) in [7, 11) is 0. The third kappa shape index (κ3) is 8.61. The number of likely N-dealkylation sites (N-methyl/N-ethyl adjacent to an activating group) is 1. The van der Waals surface area contributed by atoms with Crippen LogP contribution < -0.4 is 10.1 Å². The van der Waals surface area contributed by atoms with E-state index < -0.39 is 0 Å². The van der Waals surface area contributed by atoms with Gasteiger partial charge in [-0.3, -0.25) is 0 Å². The molecular formula is C20H29Cl3N2O. The molecular weight excluding hydrogens is 391 g/mol. The first-order valence-electron chi connectivity index (χ1n) is 8.61. The molecule has 0 aromatic heterocycles. The number of hydrogen-bond acceptors (Lipinski definition) is 3. The van der Waals surface area contributed by atoms with Crippen LogP contribution in [0.25, 0.3) is 0 Å². The molecule has 0 aliphatic carbocycles. The molecule has 0 heterocycles. The molecule has 1 N–H and O–H groups in total. The summed E-state index contributed by atoms with van der Waals surface area (Å²) in [5, 5.41) is 4.13. The number of nitrogens with one attached hydrogen (secondary N) is 1. The Hall–Kier alpha value is -0.970. The maximum Gasteiger partial charge on any atom is 0.138 e. The fourth-order valence-electron chi connectivity index (χ4n) is 2.52. The fraction of sp³-hybridized carbons (Fsp3) is 0.400. The van der Waals surface area contributed by atoms with Crippen molar-refractivity contribution in [1.29, 1.82) is 0 Å². The summed E-state index contributed by atoms with van der Waals surface area (Å²) in [4.78, 5) is 2.40. The standard InChI is InChI=1S/C20H27ClN2O.2ClH/c1-3-23(4-2)13-12-22-15-18-10-11-20(19(21)14-18)24-16-17-8-6-5-7-9-17;;/h5-11,14,22H,3-4,12-13,15-16H2,1-2H3;2*1H. The minimum atomic E-state index is 0. The van der Waals surface area contributed by atoms with Gasteiger partial charge in [0.1, 0.15) is 12.4 Å². The molecule has 2 aromatic rings. The van der Waals surface area contributed by atoms with Gasteiger partial charge in [-0.05, 0) is 36.3 Å². The second-order valence-corrected chi connectivity index (χ2v) is 6.15. The monoisotopic (exact) mass is 418 g/mol. The zero-order valence-electron chi connectivity index (χ0n) is 15.4. The highest BCUT2D eigenvalue weighted by molar-refractivity contribution is 6.32. The molecule has 0 saturated carbocycles. The Labute approximate surface area is 174 Å². The predicted octanol–water partition coefficient (Wildman–Crippen LogP) is 5.19. The van der Waals surface area contributed by atoms with E-state index in [-0.39, 0.29) is 24.8 Å². The normalized spacial score (nSPS) is 10.2. The van der Waals surface area contributed by atoms with Crippen molar-refractivity contribution >= 4 is 36.4 Å². The first-order valence-corrected chi connectivity index (χ1v) is 8.99. The van der Waals surface area contributed by atoms with Gasteiger partial charge in [-0.1, -0.05) is 61.8 Å². The van der Waals surface area contributed by atoms with Gasteiger partial charge in [0.05, 0.1) is 5.02 Å². The third-order valence-corrected chi connectivity index (χ3v) is 4.36. The van der Waals surface area contributed by atoms with Gasteiger partial charge in [0.25, 0.3) is 0 Å². The maximum atomic E-state index is 6.34. The quantitative estimate of drug-likeness (QED) is 0.536. The van der Waals surface area contributed by atoms with E-state index in [0.717, 1.165) is 44.0 Å². The van der Waals surface area contributed by atoms with E-state index in [1.165, 1.54) is 5.56 Å². The van der Waals surface area contributed by atoms with Crippen molar-refractivity contribution in [2.24, 2.45) is 0 Å². The van der Waals surface area contributed by atoms with E-state index in [0.29, 0.717) is 11.6 Å². The minimum Gasteiger partial charge on any atom is -0.487 e. The van der Waals surface area contributed by atoms with Crippen molar-refractivity contribution in [3.05, 3.63) is 64.7 Å². The summed E-state index contributed by atoms with van der Waals surface area (Å²) in [6.45, 7) is 9.97. The number of ether oxygens (including phenoxy) is 1. The molecule has 0 atom stereocenters. The smallest absolute Gasteiger partial charge is 0.138 e. The molecule has 3 nitrogen and oxygen atoms in total. The van der Waals surface area contributed by atoms with Crippen LogP contribution in [0.3, 0.4) is 0 Å². The molecule has 6 heteroatoms. The lowest BCUT2D eigenvalue weighted by atomic mass is 10.2. The Morgan fingerprint density at radius 2 is 1.65 bits per heavy atom. The molecule has 2 aromatic carbocycles. The molecule has 2 rings (SSSR count). The van der Waals surface area contributed by atoms with Gasteiger partial charge in [0.2, 0.25) is 0 Å². The molecule has 0 saturated heterocycles. The molecule has 0 radical (unpaired) electrons. The highest BCUT2D eigenvalue weighted by Gasteiger charge is 2.04. The summed E-state index contributed by atoms with van der Waals surface area (Å²) in [5.41, 5.74) is 2.31. The van der Waals surface area contributed by atoms with Gasteiger partial charge in [-0.25, -0.2) is 0 Å². The van der Waals surface area contributed by atoms with Gasteiger partial charge < -0.3 is 15.0 Å². The molecule has 26 heavy (non-hydrogen) atoms. The minimum absolute atomic E-state index is 0. The molecule has 0 amide bonds. The topological polar surface area (TPSA) is 24.5 Å². The van der Waals surface area contributed by atoms with Crippen molar-refractivity contribution in [3.8, 4) is 5.75 Å². The van der Waals surface area contributed by atoms with E-state index in [4.69, 9.17) is 16.3 Å². The van der Waals surface area contributed by atoms with Crippen LogP contribution in [0.15, 0.2) is 48.5 Å². The molecule has 0 unspecified atom stereocenters. The summed E-state index contributed by atoms with van der Waals surface area (Å²) >= 11 is 6.34. The summed E-state index contributed by atoms with van der Waals surface area (Å²) in [6, 6.07) is 16.1. The Balaban J connectivity index is 0.00000312. The van der Waals surface area contributed by atoms with E-state index in [1.807, 2.05) is 42.5 Å². The number of nitrogens with zero attached hydrogens (tertiary/aromatic N) is 1. The second kappa shape index (κ2) is 14.1. The largest absolute Gasteiger partial charge is 0.487 e. The molecule has 0 aliphatic rings. The van der Waals surface area contributed by atoms with Crippen molar-refractivity contribution in [2.45, 2.75) is 27.0 Å². The second-order valence-electron chi connectivity index (χ2n) is 5.74. The van der Waals surface area contributed by atoms with Crippen molar-refractivity contribution in [3.63, 3.8) is 0 Å². The summed E-state index contributed by atoms with van der Waals surface area (Å²) in [5.74, 6) is 0.729. The van der Waals surface area contributed by atoms with E-state index >= 15 is 0 Å². The van der Waals surface area contributed by atoms with Gasteiger partial charge in [0.15, 0.2) is 0 Å². The maximum absolute atomic E-state index is 6.34. The number of rotatable bonds is 10. The highest BCUT2D eigenvalue weighted by Crippen LogP contribution is 2.26. The lowest BCUT2D eigenvalue weighted by molar-refractivity contribution is 0.302. The molecule has 0 bridgehead atoms. The molecule has 146 valence electrons. The van der Waals surface area contributed by atoms with Crippen LogP contribution >= 0.6 is 36.4 Å². The fourth-order valence-corrected chi connectivity index (χ4v) is 2.77. The van der Waals surface area contributed by atoms with Gasteiger partial charge in [0, 0.05) is 19.6 Å². The van der Waals surface area contributed by atoms with Gasteiger partial charge in [-0.15, -0.1) is 24.8 Å². The van der Waals surface area contributed by atoms with Crippen LogP contribution in [-0.2, 0) is 13.2 Å². The molecule has 0 spiro atoms. The molecule has 0 aliphatic heterocycles. The van der Waals surface area contributed by atoms with Crippen LogP contribution in [0.5, 0.6) is 5.75 Å². The average molecular weight is 420 g/mol. The van der Waals surface area contributed by atoms with Gasteiger partial charge in [-0.2, -0.15) is 0 Å². The SMILES string of the molecule is CCN(CC)CCNCc1ccc(OCc2ccccc2)c(Cl)c1.Cl.Cl. The Morgan fingerprint density at radius 1 is 0.962 bits per heavy atom. The average Bonchev–Trinajstić information content (AvgIpc) is 2.62. The van der Waals surface area contributed by atoms with Crippen LogP contribution in [-0.4, -0.2) is 31.1 Å². The zero-order valence-corrected chi connectivity index (χ0v) is 17.8. The van der Waals surface area contributed by atoms with Crippen molar-refractivity contribution in [1.82, 2.24) is 10.2 Å². The van der Waals surface area contributed by atoms with Crippen LogP contribution in [0.4, 0.5) is 0 Å². The van der Waals surface area contributed by atoms with Gasteiger partial charge >= 0.3 is 0 Å². The Bertz CT molecular complexity index is 607. The number of halogens is 3. The van der Waals surface area contributed by atoms with Crippen molar-refractivity contribution < 1.29 is 4.74 Å². The van der Waals surface area contributed by atoms with Crippen LogP contribution in [0, 0.1) is 0 Å². The lowest BCUT2D eigenvalue weighted by Crippen LogP contribution is -2.31.